The van der Waals surface area contributed by atoms with E-state index in [-0.39, 0.29) is 30.4 Å². The molecule has 0 spiro atoms. The molecular weight excluding hydrogens is 416 g/mol. The van der Waals surface area contributed by atoms with Crippen molar-refractivity contribution in [3.8, 4) is 0 Å². The van der Waals surface area contributed by atoms with Gasteiger partial charge in [-0.05, 0) is 44.4 Å². The van der Waals surface area contributed by atoms with E-state index in [1.54, 1.807) is 12.1 Å². The lowest BCUT2D eigenvalue weighted by atomic mass is 9.73. The SMILES string of the molecule is CC1CN(S(=O)(=O)CCNC(=O)C2(c3cccc(Cl)c3)CCOCC2)CC(C)O1. The molecule has 0 radical (unpaired) electrons. The minimum atomic E-state index is -3.47. The van der Waals surface area contributed by atoms with E-state index in [4.69, 9.17) is 21.1 Å². The quantitative estimate of drug-likeness (QED) is 0.724. The van der Waals surface area contributed by atoms with Gasteiger partial charge in [0.2, 0.25) is 15.9 Å². The molecule has 9 heteroatoms. The van der Waals surface area contributed by atoms with E-state index in [9.17, 15) is 13.2 Å². The second kappa shape index (κ2) is 9.31. The topological polar surface area (TPSA) is 84.9 Å². The molecule has 7 nitrogen and oxygen atoms in total. The molecule has 1 aromatic carbocycles. The summed E-state index contributed by atoms with van der Waals surface area (Å²) in [7, 11) is -3.47. The van der Waals surface area contributed by atoms with Gasteiger partial charge in [-0.25, -0.2) is 8.42 Å². The van der Waals surface area contributed by atoms with Crippen LogP contribution in [0.1, 0.15) is 32.3 Å². The summed E-state index contributed by atoms with van der Waals surface area (Å²) in [5.41, 5.74) is 0.0824. The molecule has 0 aliphatic carbocycles. The van der Waals surface area contributed by atoms with Crippen molar-refractivity contribution in [2.45, 2.75) is 44.3 Å². The molecule has 0 saturated carbocycles. The molecule has 1 N–H and O–H groups in total. The van der Waals surface area contributed by atoms with Gasteiger partial charge in [0.15, 0.2) is 0 Å². The number of carbonyl (C=O) groups is 1. The summed E-state index contributed by atoms with van der Waals surface area (Å²) in [6.45, 7) is 5.41. The van der Waals surface area contributed by atoms with Gasteiger partial charge in [-0.15, -0.1) is 0 Å². The molecule has 0 bridgehead atoms. The molecule has 2 aliphatic heterocycles. The van der Waals surface area contributed by atoms with E-state index in [0.29, 0.717) is 44.2 Å². The van der Waals surface area contributed by atoms with E-state index in [2.05, 4.69) is 5.32 Å². The molecule has 2 aliphatic rings. The van der Waals surface area contributed by atoms with E-state index in [1.807, 2.05) is 26.0 Å². The van der Waals surface area contributed by atoms with Crippen molar-refractivity contribution in [1.82, 2.24) is 9.62 Å². The number of benzene rings is 1. The van der Waals surface area contributed by atoms with Crippen LogP contribution >= 0.6 is 11.6 Å². The Morgan fingerprint density at radius 2 is 1.90 bits per heavy atom. The number of ether oxygens (including phenoxy) is 2. The number of sulfonamides is 1. The maximum atomic E-state index is 13.2. The second-order valence-corrected chi connectivity index (χ2v) is 10.4. The number of rotatable bonds is 6. The van der Waals surface area contributed by atoms with Crippen LogP contribution in [0.15, 0.2) is 24.3 Å². The largest absolute Gasteiger partial charge is 0.381 e. The highest BCUT2D eigenvalue weighted by Crippen LogP contribution is 2.36. The van der Waals surface area contributed by atoms with Gasteiger partial charge in [0.25, 0.3) is 0 Å². The standard InChI is InChI=1S/C20H29ClN2O5S/c1-15-13-23(14-16(2)28-15)29(25,26)11-8-22-19(24)20(6-9-27-10-7-20)17-4-3-5-18(21)12-17/h3-5,12,15-16H,6-11,13-14H2,1-2H3,(H,22,24). The van der Waals surface area contributed by atoms with Gasteiger partial charge < -0.3 is 14.8 Å². The molecule has 162 valence electrons. The summed E-state index contributed by atoms with van der Waals surface area (Å²) in [5, 5.41) is 3.42. The highest BCUT2D eigenvalue weighted by atomic mass is 35.5. The van der Waals surface area contributed by atoms with Crippen LogP contribution in [0.4, 0.5) is 0 Å². The molecule has 3 rings (SSSR count). The molecule has 1 amide bonds. The number of hydrogen-bond acceptors (Lipinski definition) is 5. The average molecular weight is 445 g/mol. The van der Waals surface area contributed by atoms with Crippen LogP contribution in [0.25, 0.3) is 0 Å². The Hall–Kier alpha value is -1.19. The Balaban J connectivity index is 1.66. The molecule has 0 aromatic heterocycles. The molecule has 2 fully saturated rings. The van der Waals surface area contributed by atoms with Gasteiger partial charge in [-0.2, -0.15) is 4.31 Å². The second-order valence-electron chi connectivity index (χ2n) is 7.85. The molecule has 2 atom stereocenters. The number of carbonyl (C=O) groups excluding carboxylic acids is 1. The third-order valence-electron chi connectivity index (χ3n) is 5.58. The molecule has 2 unspecified atom stereocenters. The monoisotopic (exact) mass is 444 g/mol. The molecular formula is C20H29ClN2O5S. The van der Waals surface area contributed by atoms with Crippen LogP contribution in [0.2, 0.25) is 5.02 Å². The first-order chi connectivity index (χ1) is 13.7. The predicted molar refractivity (Wildman–Crippen MR) is 112 cm³/mol. The summed E-state index contributed by atoms with van der Waals surface area (Å²) < 4.78 is 37.9. The Morgan fingerprint density at radius 3 is 2.52 bits per heavy atom. The molecule has 2 saturated heterocycles. The van der Waals surface area contributed by atoms with Gasteiger partial charge in [0.05, 0.1) is 23.4 Å². The van der Waals surface area contributed by atoms with E-state index in [1.165, 1.54) is 4.31 Å². The normalized spacial score (nSPS) is 25.5. The van der Waals surface area contributed by atoms with Crippen LogP contribution in [0.3, 0.4) is 0 Å². The van der Waals surface area contributed by atoms with Crippen LogP contribution < -0.4 is 5.32 Å². The van der Waals surface area contributed by atoms with E-state index < -0.39 is 15.4 Å². The zero-order valence-electron chi connectivity index (χ0n) is 16.9. The molecule has 1 aromatic rings. The number of amides is 1. The third-order valence-corrected chi connectivity index (χ3v) is 7.62. The Labute approximate surface area is 177 Å². The lowest BCUT2D eigenvalue weighted by Crippen LogP contribution is -2.51. The number of nitrogens with zero attached hydrogens (tertiary/aromatic N) is 1. The average Bonchev–Trinajstić information content (AvgIpc) is 2.67. The van der Waals surface area contributed by atoms with Crippen molar-refractivity contribution < 1.29 is 22.7 Å². The van der Waals surface area contributed by atoms with Gasteiger partial charge in [-0.3, -0.25) is 4.79 Å². The van der Waals surface area contributed by atoms with Gasteiger partial charge in [0.1, 0.15) is 0 Å². The first-order valence-electron chi connectivity index (χ1n) is 9.98. The van der Waals surface area contributed by atoms with Crippen molar-refractivity contribution in [3.05, 3.63) is 34.9 Å². The minimum Gasteiger partial charge on any atom is -0.381 e. The van der Waals surface area contributed by atoms with Crippen molar-refractivity contribution in [2.75, 3.05) is 38.6 Å². The number of halogens is 1. The Morgan fingerprint density at radius 1 is 1.24 bits per heavy atom. The fourth-order valence-corrected chi connectivity index (χ4v) is 5.79. The number of hydrogen-bond donors (Lipinski definition) is 1. The summed E-state index contributed by atoms with van der Waals surface area (Å²) in [6.07, 6.45) is 0.780. The van der Waals surface area contributed by atoms with Crippen molar-refractivity contribution in [2.24, 2.45) is 0 Å². The first-order valence-corrected chi connectivity index (χ1v) is 12.0. The number of nitrogens with one attached hydrogen (secondary N) is 1. The van der Waals surface area contributed by atoms with Gasteiger partial charge in [-0.1, -0.05) is 23.7 Å². The fourth-order valence-electron chi connectivity index (χ4n) is 4.10. The predicted octanol–water partition coefficient (Wildman–Crippen LogP) is 1.94. The Kier molecular flexibility index (Phi) is 7.22. The maximum Gasteiger partial charge on any atom is 0.230 e. The van der Waals surface area contributed by atoms with Gasteiger partial charge >= 0.3 is 0 Å². The number of morpholine rings is 1. The van der Waals surface area contributed by atoms with Crippen LogP contribution in [0.5, 0.6) is 0 Å². The van der Waals surface area contributed by atoms with Crippen LogP contribution in [-0.2, 0) is 29.7 Å². The minimum absolute atomic E-state index is 0.0600. The van der Waals surface area contributed by atoms with Crippen molar-refractivity contribution in [3.63, 3.8) is 0 Å². The summed E-state index contributed by atoms with van der Waals surface area (Å²) in [5.74, 6) is -0.317. The zero-order chi connectivity index (χ0) is 21.1. The van der Waals surface area contributed by atoms with Crippen LogP contribution in [-0.4, -0.2) is 69.4 Å². The Bertz CT molecular complexity index is 816. The van der Waals surface area contributed by atoms with E-state index >= 15 is 0 Å². The van der Waals surface area contributed by atoms with Crippen molar-refractivity contribution in [1.29, 1.82) is 0 Å². The van der Waals surface area contributed by atoms with Gasteiger partial charge in [0, 0.05) is 37.9 Å². The summed E-state index contributed by atoms with van der Waals surface area (Å²) in [4.78, 5) is 13.2. The highest BCUT2D eigenvalue weighted by Gasteiger charge is 2.42. The highest BCUT2D eigenvalue weighted by molar-refractivity contribution is 7.89. The zero-order valence-corrected chi connectivity index (χ0v) is 18.5. The molecule has 29 heavy (non-hydrogen) atoms. The van der Waals surface area contributed by atoms with Crippen molar-refractivity contribution >= 4 is 27.5 Å². The fraction of sp³-hybridized carbons (Fsp3) is 0.650. The first kappa shape index (κ1) is 22.5. The summed E-state index contributed by atoms with van der Waals surface area (Å²) >= 11 is 6.15. The smallest absolute Gasteiger partial charge is 0.230 e. The lowest BCUT2D eigenvalue weighted by Gasteiger charge is -2.37. The van der Waals surface area contributed by atoms with Crippen LogP contribution in [0, 0.1) is 0 Å². The molecule has 2 heterocycles. The third kappa shape index (κ3) is 5.30. The summed E-state index contributed by atoms with van der Waals surface area (Å²) in [6, 6.07) is 7.30. The maximum absolute atomic E-state index is 13.2. The van der Waals surface area contributed by atoms with E-state index in [0.717, 1.165) is 5.56 Å². The lowest BCUT2D eigenvalue weighted by molar-refractivity contribution is -0.130.